The van der Waals surface area contributed by atoms with Gasteiger partial charge in [-0.25, -0.2) is 4.39 Å². The van der Waals surface area contributed by atoms with Crippen LogP contribution >= 0.6 is 0 Å². The monoisotopic (exact) mass is 254 g/mol. The summed E-state index contributed by atoms with van der Waals surface area (Å²) in [6.07, 6.45) is 0. The fraction of sp³-hybridized carbons (Fsp3) is 0.417. The molecule has 0 aliphatic heterocycles. The molecule has 3 nitrogen and oxygen atoms in total. The van der Waals surface area contributed by atoms with Gasteiger partial charge in [0, 0.05) is 22.3 Å². The molecule has 0 bridgehead atoms. The average molecular weight is 254 g/mol. The second-order valence-corrected chi connectivity index (χ2v) is 5.51. The van der Waals surface area contributed by atoms with Crippen molar-refractivity contribution < 1.29 is 8.60 Å². The third-order valence-electron chi connectivity index (χ3n) is 2.38. The number of benzene rings is 1. The molecular formula is C12H15FN2OS. The molecule has 1 aromatic carbocycles. The Labute approximate surface area is 103 Å². The standard InChI is InChI=1S/C12H15FN2OS/c1-9(5-14)7-17(16)8-11-4-12(13)3-2-10(11)6-15/h2-4,9H,5,7-8,14H2,1H3. The SMILES string of the molecule is CC(CN)CS(=O)Cc1cc(F)ccc1C#N. The van der Waals surface area contributed by atoms with Crippen molar-refractivity contribution in [1.29, 1.82) is 5.26 Å². The summed E-state index contributed by atoms with van der Waals surface area (Å²) in [6.45, 7) is 2.38. The predicted octanol–water partition coefficient (Wildman–Crippen LogP) is 1.54. The highest BCUT2D eigenvalue weighted by Crippen LogP contribution is 2.13. The Bertz CT molecular complexity index is 456. The second kappa shape index (κ2) is 6.48. The lowest BCUT2D eigenvalue weighted by Gasteiger charge is -2.09. The van der Waals surface area contributed by atoms with E-state index in [1.165, 1.54) is 18.2 Å². The van der Waals surface area contributed by atoms with Crippen LogP contribution in [0.15, 0.2) is 18.2 Å². The normalized spacial score (nSPS) is 14.0. The number of nitriles is 1. The molecule has 0 heterocycles. The van der Waals surface area contributed by atoms with Crippen LogP contribution < -0.4 is 5.73 Å². The Hall–Kier alpha value is -1.25. The molecule has 0 aromatic heterocycles. The minimum Gasteiger partial charge on any atom is -0.330 e. The predicted molar refractivity (Wildman–Crippen MR) is 66.0 cm³/mol. The van der Waals surface area contributed by atoms with E-state index in [2.05, 4.69) is 0 Å². The summed E-state index contributed by atoms with van der Waals surface area (Å²) in [4.78, 5) is 0. The van der Waals surface area contributed by atoms with Gasteiger partial charge in [-0.05, 0) is 36.2 Å². The van der Waals surface area contributed by atoms with Gasteiger partial charge in [0.25, 0.3) is 0 Å². The first-order valence-corrected chi connectivity index (χ1v) is 6.79. The molecule has 17 heavy (non-hydrogen) atoms. The van der Waals surface area contributed by atoms with Crippen LogP contribution in [-0.4, -0.2) is 16.5 Å². The van der Waals surface area contributed by atoms with Crippen molar-refractivity contribution in [3.05, 3.63) is 35.1 Å². The van der Waals surface area contributed by atoms with E-state index in [0.717, 1.165) is 0 Å². The lowest BCUT2D eigenvalue weighted by atomic mass is 10.1. The second-order valence-electron chi connectivity index (χ2n) is 4.00. The molecule has 0 saturated heterocycles. The van der Waals surface area contributed by atoms with Gasteiger partial charge in [0.05, 0.1) is 11.6 Å². The maximum absolute atomic E-state index is 13.0. The largest absolute Gasteiger partial charge is 0.330 e. The molecule has 0 saturated carbocycles. The van der Waals surface area contributed by atoms with Crippen LogP contribution in [0.1, 0.15) is 18.1 Å². The maximum Gasteiger partial charge on any atom is 0.123 e. The van der Waals surface area contributed by atoms with E-state index in [0.29, 0.717) is 23.4 Å². The van der Waals surface area contributed by atoms with Crippen LogP contribution in [0.5, 0.6) is 0 Å². The van der Waals surface area contributed by atoms with E-state index in [1.807, 2.05) is 13.0 Å². The van der Waals surface area contributed by atoms with Crippen molar-refractivity contribution in [2.75, 3.05) is 12.3 Å². The fourth-order valence-electron chi connectivity index (χ4n) is 1.41. The van der Waals surface area contributed by atoms with E-state index in [-0.39, 0.29) is 11.7 Å². The molecule has 1 rings (SSSR count). The summed E-state index contributed by atoms with van der Waals surface area (Å²) in [6, 6.07) is 5.88. The highest BCUT2D eigenvalue weighted by Gasteiger charge is 2.10. The van der Waals surface area contributed by atoms with Crippen LogP contribution in [0.4, 0.5) is 4.39 Å². The van der Waals surface area contributed by atoms with E-state index in [4.69, 9.17) is 11.0 Å². The first kappa shape index (κ1) is 13.8. The maximum atomic E-state index is 13.0. The molecule has 0 radical (unpaired) electrons. The van der Waals surface area contributed by atoms with Crippen LogP contribution in [0.2, 0.25) is 0 Å². The molecule has 0 aliphatic carbocycles. The lowest BCUT2D eigenvalue weighted by Crippen LogP contribution is -2.18. The van der Waals surface area contributed by atoms with Gasteiger partial charge < -0.3 is 5.73 Å². The van der Waals surface area contributed by atoms with Crippen LogP contribution in [0.25, 0.3) is 0 Å². The highest BCUT2D eigenvalue weighted by atomic mass is 32.2. The Morgan fingerprint density at radius 3 is 2.88 bits per heavy atom. The number of hydrogen-bond acceptors (Lipinski definition) is 3. The molecule has 0 amide bonds. The number of nitrogens with two attached hydrogens (primary N) is 1. The summed E-state index contributed by atoms with van der Waals surface area (Å²) in [5.41, 5.74) is 6.32. The van der Waals surface area contributed by atoms with Crippen molar-refractivity contribution in [3.63, 3.8) is 0 Å². The molecule has 92 valence electrons. The molecule has 2 unspecified atom stereocenters. The highest BCUT2D eigenvalue weighted by molar-refractivity contribution is 7.84. The van der Waals surface area contributed by atoms with Gasteiger partial charge in [0.1, 0.15) is 5.82 Å². The molecule has 0 spiro atoms. The number of hydrogen-bond donors (Lipinski definition) is 1. The third kappa shape index (κ3) is 4.25. The van der Waals surface area contributed by atoms with Gasteiger partial charge in [-0.15, -0.1) is 0 Å². The quantitative estimate of drug-likeness (QED) is 0.866. The first-order valence-electron chi connectivity index (χ1n) is 5.30. The summed E-state index contributed by atoms with van der Waals surface area (Å²) in [5, 5.41) is 8.86. The van der Waals surface area contributed by atoms with Gasteiger partial charge in [0.15, 0.2) is 0 Å². The zero-order chi connectivity index (χ0) is 12.8. The zero-order valence-corrected chi connectivity index (χ0v) is 10.5. The molecule has 1 aromatic rings. The van der Waals surface area contributed by atoms with Crippen molar-refractivity contribution in [3.8, 4) is 6.07 Å². The summed E-state index contributed by atoms with van der Waals surface area (Å²) >= 11 is 0. The van der Waals surface area contributed by atoms with Crippen molar-refractivity contribution in [2.45, 2.75) is 12.7 Å². The summed E-state index contributed by atoms with van der Waals surface area (Å²) < 4.78 is 24.8. The Morgan fingerprint density at radius 1 is 1.59 bits per heavy atom. The smallest absolute Gasteiger partial charge is 0.123 e. The summed E-state index contributed by atoms with van der Waals surface area (Å²) in [5.74, 6) is 0.417. The topological polar surface area (TPSA) is 66.9 Å². The van der Waals surface area contributed by atoms with E-state index in [1.54, 1.807) is 0 Å². The van der Waals surface area contributed by atoms with E-state index >= 15 is 0 Å². The first-order chi connectivity index (χ1) is 8.06. The van der Waals surface area contributed by atoms with E-state index < -0.39 is 16.6 Å². The molecule has 0 fully saturated rings. The Morgan fingerprint density at radius 2 is 2.29 bits per heavy atom. The van der Waals surface area contributed by atoms with E-state index in [9.17, 15) is 8.60 Å². The Kier molecular flexibility index (Phi) is 5.26. The molecule has 5 heteroatoms. The van der Waals surface area contributed by atoms with Crippen molar-refractivity contribution in [2.24, 2.45) is 11.7 Å². The molecular weight excluding hydrogens is 239 g/mol. The zero-order valence-electron chi connectivity index (χ0n) is 9.65. The minimum absolute atomic E-state index is 0.162. The van der Waals surface area contributed by atoms with Gasteiger partial charge in [-0.3, -0.25) is 4.21 Å². The fourth-order valence-corrected chi connectivity index (χ4v) is 2.88. The van der Waals surface area contributed by atoms with Crippen LogP contribution in [0.3, 0.4) is 0 Å². The van der Waals surface area contributed by atoms with Crippen molar-refractivity contribution >= 4 is 10.8 Å². The van der Waals surface area contributed by atoms with Crippen molar-refractivity contribution in [1.82, 2.24) is 0 Å². The van der Waals surface area contributed by atoms with Gasteiger partial charge in [0.2, 0.25) is 0 Å². The summed E-state index contributed by atoms with van der Waals surface area (Å²) in [7, 11) is -1.12. The number of halogens is 1. The number of rotatable bonds is 5. The van der Waals surface area contributed by atoms with Crippen LogP contribution in [0, 0.1) is 23.1 Å². The van der Waals surface area contributed by atoms with Gasteiger partial charge in [-0.1, -0.05) is 6.92 Å². The van der Waals surface area contributed by atoms with Crippen LogP contribution in [-0.2, 0) is 16.6 Å². The molecule has 2 atom stereocenters. The lowest BCUT2D eigenvalue weighted by molar-refractivity contribution is 0.625. The average Bonchev–Trinajstić information content (AvgIpc) is 2.29. The molecule has 2 N–H and O–H groups in total. The Balaban J connectivity index is 2.77. The van der Waals surface area contributed by atoms with Gasteiger partial charge >= 0.3 is 0 Å². The number of nitrogens with zero attached hydrogens (tertiary/aromatic N) is 1. The third-order valence-corrected chi connectivity index (χ3v) is 3.95. The van der Waals surface area contributed by atoms with Gasteiger partial charge in [-0.2, -0.15) is 5.26 Å². The minimum atomic E-state index is -1.12. The molecule has 0 aliphatic rings.